The van der Waals surface area contributed by atoms with E-state index >= 15 is 0 Å². The third-order valence-electron chi connectivity index (χ3n) is 3.31. The Hall–Kier alpha value is -1.36. The molecule has 0 unspecified atom stereocenters. The largest absolute Gasteiger partial charge is 0.497 e. The molecule has 0 N–H and O–H groups in total. The van der Waals surface area contributed by atoms with Gasteiger partial charge in [0.15, 0.2) is 0 Å². The highest BCUT2D eigenvalue weighted by Gasteiger charge is 2.08. The van der Waals surface area contributed by atoms with Crippen molar-refractivity contribution in [1.29, 1.82) is 0 Å². The summed E-state index contributed by atoms with van der Waals surface area (Å²) in [6, 6.07) is 7.91. The first kappa shape index (κ1) is 16.0. The van der Waals surface area contributed by atoms with E-state index in [1.54, 1.807) is 7.11 Å². The van der Waals surface area contributed by atoms with Gasteiger partial charge in [-0.05, 0) is 32.2 Å². The number of hydrogen-bond donors (Lipinski definition) is 0. The first-order valence-electron chi connectivity index (χ1n) is 7.03. The molecule has 0 amide bonds. The number of aromatic nitrogens is 1. The number of halogens is 1. The van der Waals surface area contributed by atoms with Gasteiger partial charge in [-0.1, -0.05) is 11.6 Å². The highest BCUT2D eigenvalue weighted by Crippen LogP contribution is 2.24. The van der Waals surface area contributed by atoms with Gasteiger partial charge in [0, 0.05) is 36.7 Å². The van der Waals surface area contributed by atoms with Crippen LogP contribution in [0.3, 0.4) is 0 Å². The Balaban J connectivity index is 2.15. The van der Waals surface area contributed by atoms with Gasteiger partial charge in [0.25, 0.3) is 0 Å². The second-order valence-electron chi connectivity index (χ2n) is 4.93. The van der Waals surface area contributed by atoms with Crippen molar-refractivity contribution in [3.8, 4) is 5.75 Å². The zero-order valence-electron chi connectivity index (χ0n) is 12.7. The van der Waals surface area contributed by atoms with Gasteiger partial charge in [0.1, 0.15) is 10.9 Å². The van der Waals surface area contributed by atoms with Gasteiger partial charge in [-0.25, -0.2) is 4.98 Å². The molecule has 0 saturated carbocycles. The van der Waals surface area contributed by atoms with E-state index in [0.29, 0.717) is 5.15 Å². The number of rotatable bonds is 7. The molecular weight excluding hydrogens is 288 g/mol. The monoisotopic (exact) mass is 308 g/mol. The predicted molar refractivity (Wildman–Crippen MR) is 86.1 cm³/mol. The maximum absolute atomic E-state index is 6.29. The Bertz CT molecular complexity index is 604. The molecule has 5 heteroatoms. The molecule has 21 heavy (non-hydrogen) atoms. The molecule has 0 bridgehead atoms. The zero-order valence-corrected chi connectivity index (χ0v) is 13.5. The summed E-state index contributed by atoms with van der Waals surface area (Å²) >= 11 is 6.29. The topological polar surface area (TPSA) is 34.6 Å². The van der Waals surface area contributed by atoms with E-state index in [1.807, 2.05) is 32.2 Å². The molecule has 1 aromatic heterocycles. The van der Waals surface area contributed by atoms with Gasteiger partial charge in [-0.15, -0.1) is 0 Å². The fourth-order valence-corrected chi connectivity index (χ4v) is 2.34. The number of likely N-dealkylation sites (N-methyl/N-ethyl adjacent to an activating group) is 1. The molecule has 0 saturated heterocycles. The van der Waals surface area contributed by atoms with Gasteiger partial charge >= 0.3 is 0 Å². The summed E-state index contributed by atoms with van der Waals surface area (Å²) in [5, 5.41) is 1.60. The van der Waals surface area contributed by atoms with Crippen molar-refractivity contribution in [2.45, 2.75) is 13.5 Å². The first-order valence-corrected chi connectivity index (χ1v) is 7.41. The second-order valence-corrected chi connectivity index (χ2v) is 5.29. The number of pyridine rings is 1. The van der Waals surface area contributed by atoms with Crippen molar-refractivity contribution in [2.24, 2.45) is 0 Å². The lowest BCUT2D eigenvalue weighted by Crippen LogP contribution is -2.23. The van der Waals surface area contributed by atoms with Gasteiger partial charge in [-0.2, -0.15) is 0 Å². The summed E-state index contributed by atoms with van der Waals surface area (Å²) in [4.78, 5) is 6.64. The molecule has 0 atom stereocenters. The van der Waals surface area contributed by atoms with Crippen molar-refractivity contribution >= 4 is 22.5 Å². The van der Waals surface area contributed by atoms with Crippen LogP contribution in [0.25, 0.3) is 10.9 Å². The average Bonchev–Trinajstić information content (AvgIpc) is 2.48. The second kappa shape index (κ2) is 7.59. The SMILES string of the molecule is CCOCCN(C)Cc1cc2ccc(OC)cc2nc1Cl. The summed E-state index contributed by atoms with van der Waals surface area (Å²) in [6.45, 7) is 5.08. The van der Waals surface area contributed by atoms with Crippen LogP contribution in [0.2, 0.25) is 5.15 Å². The van der Waals surface area contributed by atoms with Crippen LogP contribution in [0.1, 0.15) is 12.5 Å². The normalized spacial score (nSPS) is 11.3. The number of methoxy groups -OCH3 is 1. The average molecular weight is 309 g/mol. The molecule has 0 aliphatic rings. The minimum atomic E-state index is 0.541. The minimum Gasteiger partial charge on any atom is -0.497 e. The van der Waals surface area contributed by atoms with Crippen LogP contribution in [0.15, 0.2) is 24.3 Å². The highest BCUT2D eigenvalue weighted by molar-refractivity contribution is 6.30. The quantitative estimate of drug-likeness (QED) is 0.580. The molecule has 0 fully saturated rings. The van der Waals surface area contributed by atoms with Crippen molar-refractivity contribution in [2.75, 3.05) is 33.9 Å². The summed E-state index contributed by atoms with van der Waals surface area (Å²) in [7, 11) is 3.69. The molecule has 0 spiro atoms. The van der Waals surface area contributed by atoms with Crippen LogP contribution in [0, 0.1) is 0 Å². The van der Waals surface area contributed by atoms with Crippen LogP contribution in [-0.4, -0.2) is 43.8 Å². The standard InChI is InChI=1S/C16H21ClN2O2/c1-4-21-8-7-19(2)11-13-9-12-5-6-14(20-3)10-15(12)18-16(13)17/h5-6,9-10H,4,7-8,11H2,1-3H3. The first-order chi connectivity index (χ1) is 10.1. The fraction of sp³-hybridized carbons (Fsp3) is 0.438. The predicted octanol–water partition coefficient (Wildman–Crippen LogP) is 3.37. The van der Waals surface area contributed by atoms with Gasteiger partial charge in [0.05, 0.1) is 19.2 Å². The number of nitrogens with zero attached hydrogens (tertiary/aromatic N) is 2. The van der Waals surface area contributed by atoms with Crippen LogP contribution in [-0.2, 0) is 11.3 Å². The maximum Gasteiger partial charge on any atom is 0.134 e. The van der Waals surface area contributed by atoms with E-state index in [1.165, 1.54) is 0 Å². The Morgan fingerprint density at radius 3 is 2.81 bits per heavy atom. The van der Waals surface area contributed by atoms with Crippen LogP contribution >= 0.6 is 11.6 Å². The van der Waals surface area contributed by atoms with Gasteiger partial charge < -0.3 is 9.47 Å². The number of ether oxygens (including phenoxy) is 2. The van der Waals surface area contributed by atoms with E-state index in [4.69, 9.17) is 21.1 Å². The number of fused-ring (bicyclic) bond motifs is 1. The molecule has 0 aliphatic heterocycles. The van der Waals surface area contributed by atoms with E-state index in [0.717, 1.165) is 48.5 Å². The highest BCUT2D eigenvalue weighted by atomic mass is 35.5. The molecule has 0 aliphatic carbocycles. The van der Waals surface area contributed by atoms with Gasteiger partial charge in [0.2, 0.25) is 0 Å². The fourth-order valence-electron chi connectivity index (χ4n) is 2.14. The molecule has 1 aromatic carbocycles. The van der Waals surface area contributed by atoms with E-state index in [9.17, 15) is 0 Å². The lowest BCUT2D eigenvalue weighted by molar-refractivity contribution is 0.120. The van der Waals surface area contributed by atoms with E-state index in [-0.39, 0.29) is 0 Å². The third-order valence-corrected chi connectivity index (χ3v) is 3.64. The van der Waals surface area contributed by atoms with Gasteiger partial charge in [-0.3, -0.25) is 4.90 Å². The lowest BCUT2D eigenvalue weighted by atomic mass is 10.1. The van der Waals surface area contributed by atoms with Crippen LogP contribution in [0.5, 0.6) is 5.75 Å². The Morgan fingerprint density at radius 1 is 1.29 bits per heavy atom. The summed E-state index contributed by atoms with van der Waals surface area (Å²) < 4.78 is 10.6. The number of hydrogen-bond acceptors (Lipinski definition) is 4. The Morgan fingerprint density at radius 2 is 2.10 bits per heavy atom. The molecule has 0 radical (unpaired) electrons. The van der Waals surface area contributed by atoms with Crippen LogP contribution < -0.4 is 4.74 Å². The molecule has 4 nitrogen and oxygen atoms in total. The summed E-state index contributed by atoms with van der Waals surface area (Å²) in [6.07, 6.45) is 0. The van der Waals surface area contributed by atoms with Crippen LogP contribution in [0.4, 0.5) is 0 Å². The van der Waals surface area contributed by atoms with Crippen molar-refractivity contribution < 1.29 is 9.47 Å². The van der Waals surface area contributed by atoms with E-state index < -0.39 is 0 Å². The summed E-state index contributed by atoms with van der Waals surface area (Å²) in [5.41, 5.74) is 1.87. The van der Waals surface area contributed by atoms with Crippen molar-refractivity contribution in [1.82, 2.24) is 9.88 Å². The minimum absolute atomic E-state index is 0.541. The van der Waals surface area contributed by atoms with Crippen molar-refractivity contribution in [3.05, 3.63) is 35.0 Å². The third kappa shape index (κ3) is 4.30. The maximum atomic E-state index is 6.29. The Kier molecular flexibility index (Phi) is 5.79. The van der Waals surface area contributed by atoms with Crippen molar-refractivity contribution in [3.63, 3.8) is 0 Å². The molecule has 114 valence electrons. The molecule has 2 rings (SSSR count). The lowest BCUT2D eigenvalue weighted by Gasteiger charge is -2.17. The smallest absolute Gasteiger partial charge is 0.134 e. The summed E-state index contributed by atoms with van der Waals surface area (Å²) in [5.74, 6) is 0.785. The molecule has 1 heterocycles. The molecular formula is C16H21ClN2O2. The zero-order chi connectivity index (χ0) is 15.2. The molecule has 2 aromatic rings. The Labute approximate surface area is 130 Å². The van der Waals surface area contributed by atoms with E-state index in [2.05, 4.69) is 16.0 Å². The number of benzene rings is 1.